The van der Waals surface area contributed by atoms with E-state index in [-0.39, 0.29) is 5.41 Å². The van der Waals surface area contributed by atoms with Crippen molar-refractivity contribution in [3.8, 4) is 11.1 Å². The van der Waals surface area contributed by atoms with Gasteiger partial charge in [0.15, 0.2) is 0 Å². The largest absolute Gasteiger partial charge is 0.122 e. The van der Waals surface area contributed by atoms with Crippen LogP contribution in [-0.2, 0) is 17.7 Å². The van der Waals surface area contributed by atoms with Gasteiger partial charge < -0.3 is 0 Å². The summed E-state index contributed by atoms with van der Waals surface area (Å²) >= 11 is 6.01. The van der Waals surface area contributed by atoms with Gasteiger partial charge in [0.2, 0.25) is 0 Å². The Bertz CT molecular complexity index is 878. The molecule has 0 heterocycles. The first-order valence-electron chi connectivity index (χ1n) is 10.6. The van der Waals surface area contributed by atoms with Crippen LogP contribution < -0.4 is 0 Å². The molecule has 0 saturated carbocycles. The third kappa shape index (κ3) is 3.51. The third-order valence-electron chi connectivity index (χ3n) is 6.32. The first-order valence-corrected chi connectivity index (χ1v) is 11.1. The summed E-state index contributed by atoms with van der Waals surface area (Å²) in [6, 6.07) is 27.0. The average Bonchev–Trinajstić information content (AvgIpc) is 3.02. The molecule has 3 aromatic rings. The van der Waals surface area contributed by atoms with Gasteiger partial charge in [0, 0.05) is 11.3 Å². The maximum absolute atomic E-state index is 6.01. The van der Waals surface area contributed by atoms with E-state index in [1.54, 1.807) is 0 Å². The Morgan fingerprint density at radius 2 is 1.25 bits per heavy atom. The lowest BCUT2D eigenvalue weighted by molar-refractivity contribution is 0.447. The third-order valence-corrected chi connectivity index (χ3v) is 6.62. The molecule has 0 amide bonds. The van der Waals surface area contributed by atoms with Crippen molar-refractivity contribution < 1.29 is 0 Å². The predicted molar refractivity (Wildman–Crippen MR) is 121 cm³/mol. The van der Waals surface area contributed by atoms with Gasteiger partial charge in [0.05, 0.1) is 0 Å². The molecular formula is C27H29Cl. The van der Waals surface area contributed by atoms with E-state index in [9.17, 15) is 0 Å². The van der Waals surface area contributed by atoms with Crippen molar-refractivity contribution in [2.75, 3.05) is 0 Å². The standard InChI is InChI=1S/C27H29Cl/c1-2-3-4-9-18-27(19-21-14-16-22(20-28)17-15-21)25-12-7-5-10-23(25)24-11-6-8-13-26(24)27/h5-8,10-17H,2-4,9,18-20H2,1H3. The molecule has 0 spiro atoms. The average molecular weight is 389 g/mol. The minimum absolute atomic E-state index is 0.0728. The summed E-state index contributed by atoms with van der Waals surface area (Å²) < 4.78 is 0. The van der Waals surface area contributed by atoms with Crippen molar-refractivity contribution in [1.29, 1.82) is 0 Å². The van der Waals surface area contributed by atoms with E-state index in [4.69, 9.17) is 11.6 Å². The van der Waals surface area contributed by atoms with Crippen LogP contribution in [0.5, 0.6) is 0 Å². The highest BCUT2D eigenvalue weighted by Gasteiger charge is 2.42. The van der Waals surface area contributed by atoms with Crippen LogP contribution in [-0.4, -0.2) is 0 Å². The molecule has 0 radical (unpaired) electrons. The van der Waals surface area contributed by atoms with Gasteiger partial charge in [0.25, 0.3) is 0 Å². The van der Waals surface area contributed by atoms with Crippen molar-refractivity contribution in [3.05, 3.63) is 95.1 Å². The highest BCUT2D eigenvalue weighted by atomic mass is 35.5. The van der Waals surface area contributed by atoms with Crippen molar-refractivity contribution in [3.63, 3.8) is 0 Å². The number of rotatable bonds is 8. The summed E-state index contributed by atoms with van der Waals surface area (Å²) in [5.41, 5.74) is 8.52. The van der Waals surface area contributed by atoms with Crippen molar-refractivity contribution in [1.82, 2.24) is 0 Å². The summed E-state index contributed by atoms with van der Waals surface area (Å²) in [5.74, 6) is 0.577. The van der Waals surface area contributed by atoms with Crippen LogP contribution in [0.3, 0.4) is 0 Å². The van der Waals surface area contributed by atoms with Crippen LogP contribution in [0.1, 0.15) is 61.3 Å². The van der Waals surface area contributed by atoms with Gasteiger partial charge in [-0.25, -0.2) is 0 Å². The van der Waals surface area contributed by atoms with Crippen molar-refractivity contribution >= 4 is 11.6 Å². The summed E-state index contributed by atoms with van der Waals surface area (Å²) in [6.45, 7) is 2.29. The molecule has 0 bridgehead atoms. The van der Waals surface area contributed by atoms with Gasteiger partial charge in [-0.15, -0.1) is 11.6 Å². The molecule has 1 aliphatic rings. The van der Waals surface area contributed by atoms with Crippen LogP contribution in [0.4, 0.5) is 0 Å². The maximum atomic E-state index is 6.01. The fourth-order valence-electron chi connectivity index (χ4n) is 4.91. The molecule has 0 N–H and O–H groups in total. The molecule has 4 rings (SSSR count). The van der Waals surface area contributed by atoms with Gasteiger partial charge in [-0.1, -0.05) is 105 Å². The summed E-state index contributed by atoms with van der Waals surface area (Å²) in [6.07, 6.45) is 7.45. The zero-order chi connectivity index (χ0) is 19.4. The quantitative estimate of drug-likeness (QED) is 0.271. The zero-order valence-electron chi connectivity index (χ0n) is 16.8. The van der Waals surface area contributed by atoms with E-state index in [1.807, 2.05) is 0 Å². The number of hydrogen-bond donors (Lipinski definition) is 0. The van der Waals surface area contributed by atoms with Gasteiger partial charge in [0.1, 0.15) is 0 Å². The summed E-state index contributed by atoms with van der Waals surface area (Å²) in [5, 5.41) is 0. The summed E-state index contributed by atoms with van der Waals surface area (Å²) in [4.78, 5) is 0. The topological polar surface area (TPSA) is 0 Å². The van der Waals surface area contributed by atoms with E-state index in [1.165, 1.54) is 65.5 Å². The monoisotopic (exact) mass is 388 g/mol. The van der Waals surface area contributed by atoms with Crippen LogP contribution >= 0.6 is 11.6 Å². The van der Waals surface area contributed by atoms with Gasteiger partial charge >= 0.3 is 0 Å². The molecule has 28 heavy (non-hydrogen) atoms. The van der Waals surface area contributed by atoms with E-state index in [0.717, 1.165) is 6.42 Å². The van der Waals surface area contributed by atoms with Crippen LogP contribution in [0.25, 0.3) is 11.1 Å². The molecule has 0 aliphatic heterocycles. The predicted octanol–water partition coefficient (Wildman–Crippen LogP) is 7.91. The van der Waals surface area contributed by atoms with Crippen LogP contribution in [0, 0.1) is 0 Å². The highest BCUT2D eigenvalue weighted by molar-refractivity contribution is 6.17. The first kappa shape index (κ1) is 19.3. The Kier molecular flexibility index (Phi) is 5.87. The Morgan fingerprint density at radius 1 is 0.679 bits per heavy atom. The lowest BCUT2D eigenvalue weighted by Gasteiger charge is -2.33. The van der Waals surface area contributed by atoms with E-state index in [2.05, 4.69) is 79.7 Å². The molecule has 1 aliphatic carbocycles. The SMILES string of the molecule is CCCCCCC1(Cc2ccc(CCl)cc2)c2ccccc2-c2ccccc21. The van der Waals surface area contributed by atoms with Crippen LogP contribution in [0.2, 0.25) is 0 Å². The molecular weight excluding hydrogens is 360 g/mol. The normalized spacial score (nSPS) is 13.9. The molecule has 0 nitrogen and oxygen atoms in total. The molecule has 0 aromatic heterocycles. The number of alkyl halides is 1. The Balaban J connectivity index is 1.78. The molecule has 0 saturated heterocycles. The molecule has 144 valence electrons. The molecule has 0 atom stereocenters. The minimum atomic E-state index is 0.0728. The minimum Gasteiger partial charge on any atom is -0.122 e. The number of hydrogen-bond acceptors (Lipinski definition) is 0. The lowest BCUT2D eigenvalue weighted by atomic mass is 9.70. The second-order valence-electron chi connectivity index (χ2n) is 8.11. The zero-order valence-corrected chi connectivity index (χ0v) is 17.5. The van der Waals surface area contributed by atoms with E-state index >= 15 is 0 Å². The van der Waals surface area contributed by atoms with Gasteiger partial charge in [-0.2, -0.15) is 0 Å². The van der Waals surface area contributed by atoms with E-state index in [0.29, 0.717) is 5.88 Å². The van der Waals surface area contributed by atoms with Gasteiger partial charge in [-0.05, 0) is 46.2 Å². The van der Waals surface area contributed by atoms with Gasteiger partial charge in [-0.3, -0.25) is 0 Å². The number of benzene rings is 3. The summed E-state index contributed by atoms with van der Waals surface area (Å²) in [7, 11) is 0. The highest BCUT2D eigenvalue weighted by Crippen LogP contribution is 2.53. The first-order chi connectivity index (χ1) is 13.8. The molecule has 0 unspecified atom stereocenters. The Labute approximate surface area is 174 Å². The van der Waals surface area contributed by atoms with E-state index < -0.39 is 0 Å². The fourth-order valence-corrected chi connectivity index (χ4v) is 5.09. The van der Waals surface area contributed by atoms with Crippen molar-refractivity contribution in [2.24, 2.45) is 0 Å². The maximum Gasteiger partial charge on any atom is 0.0474 e. The second kappa shape index (κ2) is 8.53. The number of halogens is 1. The smallest absolute Gasteiger partial charge is 0.0474 e. The van der Waals surface area contributed by atoms with Crippen molar-refractivity contribution in [2.45, 2.75) is 56.7 Å². The molecule has 1 heteroatoms. The fraction of sp³-hybridized carbons (Fsp3) is 0.333. The molecule has 3 aromatic carbocycles. The second-order valence-corrected chi connectivity index (χ2v) is 8.38. The number of unbranched alkanes of at least 4 members (excludes halogenated alkanes) is 3. The van der Waals surface area contributed by atoms with Crippen LogP contribution in [0.15, 0.2) is 72.8 Å². The Hall–Kier alpha value is -2.05. The lowest BCUT2D eigenvalue weighted by Crippen LogP contribution is -2.28. The number of fused-ring (bicyclic) bond motifs is 3. The molecule has 0 fully saturated rings. The Morgan fingerprint density at radius 3 is 1.82 bits per heavy atom.